The molecule has 0 saturated carbocycles. The second-order valence-corrected chi connectivity index (χ2v) is 4.13. The van der Waals surface area contributed by atoms with Crippen molar-refractivity contribution in [1.82, 2.24) is 15.0 Å². The summed E-state index contributed by atoms with van der Waals surface area (Å²) in [7, 11) is 0. The Morgan fingerprint density at radius 3 is 2.85 bits per heavy atom. The lowest BCUT2D eigenvalue weighted by Crippen LogP contribution is -1.92. The molecule has 0 unspecified atom stereocenters. The molecule has 0 aliphatic heterocycles. The summed E-state index contributed by atoms with van der Waals surface area (Å²) in [5, 5.41) is 1.08. The van der Waals surface area contributed by atoms with E-state index in [4.69, 9.17) is 5.73 Å². The molecule has 0 radical (unpaired) electrons. The van der Waals surface area contributed by atoms with Gasteiger partial charge in [-0.25, -0.2) is 15.0 Å². The first kappa shape index (κ1) is 8.37. The molecule has 0 aliphatic carbocycles. The SMILES string of the molecule is CC(C)c1nc2cnc(N)nc2s1. The Hall–Kier alpha value is -1.23. The van der Waals surface area contributed by atoms with Crippen molar-refractivity contribution in [3.05, 3.63) is 11.2 Å². The van der Waals surface area contributed by atoms with E-state index in [-0.39, 0.29) is 0 Å². The van der Waals surface area contributed by atoms with E-state index in [1.807, 2.05) is 0 Å². The molecule has 2 aromatic rings. The number of nitrogens with zero attached hydrogens (tertiary/aromatic N) is 3. The van der Waals surface area contributed by atoms with E-state index in [9.17, 15) is 0 Å². The Morgan fingerprint density at radius 2 is 2.15 bits per heavy atom. The zero-order valence-corrected chi connectivity index (χ0v) is 8.30. The van der Waals surface area contributed by atoms with Gasteiger partial charge in [-0.15, -0.1) is 0 Å². The lowest BCUT2D eigenvalue weighted by molar-refractivity contribution is 0.856. The zero-order valence-electron chi connectivity index (χ0n) is 7.48. The molecule has 0 saturated heterocycles. The third-order valence-corrected chi connectivity index (χ3v) is 2.95. The van der Waals surface area contributed by atoms with Crippen LogP contribution in [-0.4, -0.2) is 15.0 Å². The van der Waals surface area contributed by atoms with Crippen molar-refractivity contribution in [2.75, 3.05) is 5.73 Å². The van der Waals surface area contributed by atoms with Crippen LogP contribution in [0, 0.1) is 0 Å². The second-order valence-electron chi connectivity index (χ2n) is 3.13. The van der Waals surface area contributed by atoms with Crippen molar-refractivity contribution in [3.63, 3.8) is 0 Å². The minimum atomic E-state index is 0.312. The molecule has 2 aromatic heterocycles. The summed E-state index contributed by atoms with van der Waals surface area (Å²) in [5.41, 5.74) is 6.30. The second kappa shape index (κ2) is 2.92. The highest BCUT2D eigenvalue weighted by Crippen LogP contribution is 2.25. The van der Waals surface area contributed by atoms with Gasteiger partial charge in [-0.1, -0.05) is 25.2 Å². The predicted octanol–water partition coefficient (Wildman–Crippen LogP) is 1.79. The van der Waals surface area contributed by atoms with E-state index >= 15 is 0 Å². The summed E-state index contributed by atoms with van der Waals surface area (Å²) in [5.74, 6) is 0.742. The molecule has 0 fully saturated rings. The number of anilines is 1. The van der Waals surface area contributed by atoms with Gasteiger partial charge in [-0.2, -0.15) is 0 Å². The maximum absolute atomic E-state index is 5.47. The van der Waals surface area contributed by atoms with Gasteiger partial charge in [0.25, 0.3) is 0 Å². The Labute approximate surface area is 79.8 Å². The van der Waals surface area contributed by atoms with E-state index < -0.39 is 0 Å². The van der Waals surface area contributed by atoms with Gasteiger partial charge in [0.05, 0.1) is 11.2 Å². The first-order valence-corrected chi connectivity index (χ1v) is 4.87. The van der Waals surface area contributed by atoms with E-state index in [2.05, 4.69) is 28.8 Å². The number of hydrogen-bond acceptors (Lipinski definition) is 5. The highest BCUT2D eigenvalue weighted by atomic mass is 32.1. The summed E-state index contributed by atoms with van der Waals surface area (Å²) >= 11 is 1.58. The van der Waals surface area contributed by atoms with Crippen LogP contribution in [0.1, 0.15) is 24.8 Å². The van der Waals surface area contributed by atoms with Crippen LogP contribution in [-0.2, 0) is 0 Å². The van der Waals surface area contributed by atoms with Crippen LogP contribution < -0.4 is 5.73 Å². The van der Waals surface area contributed by atoms with Gasteiger partial charge in [-0.05, 0) is 0 Å². The van der Waals surface area contributed by atoms with Crippen LogP contribution in [0.2, 0.25) is 0 Å². The highest BCUT2D eigenvalue weighted by Gasteiger charge is 2.08. The van der Waals surface area contributed by atoms with Crippen LogP contribution in [0.15, 0.2) is 6.20 Å². The minimum absolute atomic E-state index is 0.312. The van der Waals surface area contributed by atoms with Crippen LogP contribution >= 0.6 is 11.3 Å². The fourth-order valence-electron chi connectivity index (χ4n) is 1.01. The Kier molecular flexibility index (Phi) is 1.88. The molecule has 0 aliphatic rings. The van der Waals surface area contributed by atoms with E-state index in [1.165, 1.54) is 0 Å². The molecule has 4 nitrogen and oxygen atoms in total. The average Bonchev–Trinajstić information content (AvgIpc) is 2.46. The number of thiazole rings is 1. The standard InChI is InChI=1S/C8H10N4S/c1-4(2)6-11-5-3-10-8(9)12-7(5)13-6/h3-4H,1-2H3,(H2,9,10,12). The molecule has 2 N–H and O–H groups in total. The van der Waals surface area contributed by atoms with Crippen LogP contribution in [0.25, 0.3) is 10.3 Å². The molecule has 0 spiro atoms. The summed E-state index contributed by atoms with van der Waals surface area (Å²) in [4.78, 5) is 13.3. The molecule has 2 heterocycles. The highest BCUT2D eigenvalue weighted by molar-refractivity contribution is 7.18. The molecule has 0 atom stereocenters. The maximum Gasteiger partial charge on any atom is 0.221 e. The fourth-order valence-corrected chi connectivity index (χ4v) is 1.93. The van der Waals surface area contributed by atoms with Gasteiger partial charge in [0.2, 0.25) is 5.95 Å². The Balaban J connectivity index is 2.62. The van der Waals surface area contributed by atoms with Crippen LogP contribution in [0.5, 0.6) is 0 Å². The predicted molar refractivity (Wildman–Crippen MR) is 53.7 cm³/mol. The van der Waals surface area contributed by atoms with Crippen molar-refractivity contribution in [3.8, 4) is 0 Å². The van der Waals surface area contributed by atoms with Crippen molar-refractivity contribution < 1.29 is 0 Å². The Morgan fingerprint density at radius 1 is 1.38 bits per heavy atom. The third kappa shape index (κ3) is 1.47. The monoisotopic (exact) mass is 194 g/mol. The molecular weight excluding hydrogens is 184 g/mol. The zero-order chi connectivity index (χ0) is 9.42. The Bertz CT molecular complexity index is 435. The fraction of sp³-hybridized carbons (Fsp3) is 0.375. The largest absolute Gasteiger partial charge is 0.368 e. The first-order chi connectivity index (χ1) is 6.16. The number of rotatable bonds is 1. The number of nitrogens with two attached hydrogens (primary N) is 1. The van der Waals surface area contributed by atoms with Crippen molar-refractivity contribution in [2.24, 2.45) is 0 Å². The number of hydrogen-bond donors (Lipinski definition) is 1. The molecule has 5 heteroatoms. The molecule has 0 aromatic carbocycles. The normalized spacial score (nSPS) is 11.3. The van der Waals surface area contributed by atoms with E-state index in [0.29, 0.717) is 11.9 Å². The summed E-state index contributed by atoms with van der Waals surface area (Å²) in [6, 6.07) is 0. The average molecular weight is 194 g/mol. The first-order valence-electron chi connectivity index (χ1n) is 4.06. The summed E-state index contributed by atoms with van der Waals surface area (Å²) in [6.45, 7) is 4.21. The molecule has 0 amide bonds. The topological polar surface area (TPSA) is 64.7 Å². The molecular formula is C8H10N4S. The lowest BCUT2D eigenvalue weighted by atomic mass is 10.2. The summed E-state index contributed by atoms with van der Waals surface area (Å²) in [6.07, 6.45) is 1.67. The van der Waals surface area contributed by atoms with Gasteiger partial charge in [0.1, 0.15) is 10.3 Å². The van der Waals surface area contributed by atoms with Crippen LogP contribution in [0.4, 0.5) is 5.95 Å². The van der Waals surface area contributed by atoms with Crippen molar-refractivity contribution in [2.45, 2.75) is 19.8 Å². The quantitative estimate of drug-likeness (QED) is 0.751. The number of aromatic nitrogens is 3. The van der Waals surface area contributed by atoms with Gasteiger partial charge in [0, 0.05) is 5.92 Å². The molecule has 0 bridgehead atoms. The van der Waals surface area contributed by atoms with Crippen molar-refractivity contribution in [1.29, 1.82) is 0 Å². The molecule has 68 valence electrons. The van der Waals surface area contributed by atoms with Gasteiger partial charge in [-0.3, -0.25) is 0 Å². The number of nitrogen functional groups attached to an aromatic ring is 1. The van der Waals surface area contributed by atoms with Crippen molar-refractivity contribution >= 4 is 27.6 Å². The van der Waals surface area contributed by atoms with E-state index in [0.717, 1.165) is 15.4 Å². The lowest BCUT2D eigenvalue weighted by Gasteiger charge is -1.93. The van der Waals surface area contributed by atoms with Gasteiger partial charge >= 0.3 is 0 Å². The minimum Gasteiger partial charge on any atom is -0.368 e. The summed E-state index contributed by atoms with van der Waals surface area (Å²) < 4.78 is 0. The third-order valence-electron chi connectivity index (χ3n) is 1.68. The van der Waals surface area contributed by atoms with Gasteiger partial charge < -0.3 is 5.73 Å². The van der Waals surface area contributed by atoms with Gasteiger partial charge in [0.15, 0.2) is 0 Å². The molecule has 13 heavy (non-hydrogen) atoms. The smallest absolute Gasteiger partial charge is 0.221 e. The maximum atomic E-state index is 5.47. The van der Waals surface area contributed by atoms with Crippen LogP contribution in [0.3, 0.4) is 0 Å². The van der Waals surface area contributed by atoms with E-state index in [1.54, 1.807) is 17.5 Å². The number of fused-ring (bicyclic) bond motifs is 1. The molecule has 2 rings (SSSR count).